The molecule has 0 radical (unpaired) electrons. The van der Waals surface area contributed by atoms with Crippen molar-refractivity contribution in [1.82, 2.24) is 20.4 Å². The lowest BCUT2D eigenvalue weighted by atomic mass is 9.91. The van der Waals surface area contributed by atoms with Crippen LogP contribution < -0.4 is 21.9 Å². The van der Waals surface area contributed by atoms with Crippen LogP contribution in [0, 0.1) is 0 Å². The Labute approximate surface area is 185 Å². The second-order valence-electron chi connectivity index (χ2n) is 7.07. The van der Waals surface area contributed by atoms with Gasteiger partial charge in [-0.2, -0.15) is 0 Å². The van der Waals surface area contributed by atoms with E-state index in [0.29, 0.717) is 23.9 Å². The zero-order valence-electron chi connectivity index (χ0n) is 17.3. The summed E-state index contributed by atoms with van der Waals surface area (Å²) >= 11 is 0. The van der Waals surface area contributed by atoms with Gasteiger partial charge in [0.05, 0.1) is 5.92 Å². The van der Waals surface area contributed by atoms with Gasteiger partial charge in [-0.05, 0) is 22.8 Å². The maximum absolute atomic E-state index is 13.1. The molecule has 160 valence electrons. The number of hydrazine groups is 1. The van der Waals surface area contributed by atoms with Crippen LogP contribution in [0.2, 0.25) is 0 Å². The number of benzene rings is 2. The first kappa shape index (κ1) is 20.8. The van der Waals surface area contributed by atoms with E-state index >= 15 is 0 Å². The highest BCUT2D eigenvalue weighted by atomic mass is 16.2. The van der Waals surface area contributed by atoms with Crippen molar-refractivity contribution in [3.63, 3.8) is 0 Å². The molecular weight excluding hydrogens is 402 g/mol. The Kier molecular flexibility index (Phi) is 6.52. The number of rotatable bonds is 8. The Bertz CT molecular complexity index is 1120. The third-order valence-corrected chi connectivity index (χ3v) is 4.90. The molecule has 2 aromatic heterocycles. The van der Waals surface area contributed by atoms with E-state index < -0.39 is 5.92 Å². The van der Waals surface area contributed by atoms with Crippen LogP contribution in [-0.4, -0.2) is 20.9 Å². The zero-order valence-corrected chi connectivity index (χ0v) is 17.3. The van der Waals surface area contributed by atoms with Gasteiger partial charge in [0.1, 0.15) is 12.0 Å². The van der Waals surface area contributed by atoms with Crippen molar-refractivity contribution in [3.8, 4) is 0 Å². The molecule has 8 nitrogen and oxygen atoms in total. The Morgan fingerprint density at radius 1 is 0.875 bits per heavy atom. The molecule has 8 heteroatoms. The highest BCUT2D eigenvalue weighted by Gasteiger charge is 2.23. The van der Waals surface area contributed by atoms with Crippen LogP contribution >= 0.6 is 0 Å². The number of nitrogens with two attached hydrogens (primary N) is 1. The van der Waals surface area contributed by atoms with E-state index in [1.165, 1.54) is 6.33 Å². The van der Waals surface area contributed by atoms with Crippen LogP contribution in [0.15, 0.2) is 91.5 Å². The Morgan fingerprint density at radius 2 is 1.53 bits per heavy atom. The molecule has 0 atom stereocenters. The molecular formula is C24H23N7O. The van der Waals surface area contributed by atoms with Gasteiger partial charge in [-0.3, -0.25) is 20.6 Å². The van der Waals surface area contributed by atoms with Crippen molar-refractivity contribution in [1.29, 1.82) is 0 Å². The number of nitrogens with zero attached hydrogens (tertiary/aromatic N) is 3. The van der Waals surface area contributed by atoms with E-state index in [0.717, 1.165) is 16.7 Å². The van der Waals surface area contributed by atoms with Gasteiger partial charge < -0.3 is 11.1 Å². The predicted molar refractivity (Wildman–Crippen MR) is 125 cm³/mol. The van der Waals surface area contributed by atoms with Crippen LogP contribution in [0.3, 0.4) is 0 Å². The van der Waals surface area contributed by atoms with Crippen LogP contribution in [0.25, 0.3) is 0 Å². The molecule has 0 unspecified atom stereocenters. The first-order chi connectivity index (χ1) is 15.7. The predicted octanol–water partition coefficient (Wildman–Crippen LogP) is 3.34. The van der Waals surface area contributed by atoms with E-state index in [1.54, 1.807) is 12.4 Å². The minimum absolute atomic E-state index is 0.231. The summed E-state index contributed by atoms with van der Waals surface area (Å²) in [6.45, 7) is 0.505. The zero-order chi connectivity index (χ0) is 22.2. The fraction of sp³-hybridized carbons (Fsp3) is 0.0833. The summed E-state index contributed by atoms with van der Waals surface area (Å²) in [6.07, 6.45) is 4.85. The van der Waals surface area contributed by atoms with Crippen molar-refractivity contribution in [3.05, 3.63) is 108 Å². The fourth-order valence-electron chi connectivity index (χ4n) is 3.30. The Balaban J connectivity index is 1.48. The summed E-state index contributed by atoms with van der Waals surface area (Å²) in [6, 6.07) is 23.0. The van der Waals surface area contributed by atoms with Crippen LogP contribution in [0.4, 0.5) is 17.3 Å². The molecule has 32 heavy (non-hydrogen) atoms. The second-order valence-corrected chi connectivity index (χ2v) is 7.07. The summed E-state index contributed by atoms with van der Waals surface area (Å²) in [7, 11) is 0. The fourth-order valence-corrected chi connectivity index (χ4v) is 3.30. The molecule has 0 aliphatic heterocycles. The van der Waals surface area contributed by atoms with Crippen molar-refractivity contribution in [2.24, 2.45) is 0 Å². The number of hydrogen-bond donors (Lipinski definition) is 4. The lowest BCUT2D eigenvalue weighted by Gasteiger charge is -2.19. The molecule has 4 aromatic rings. The molecule has 0 bridgehead atoms. The summed E-state index contributed by atoms with van der Waals surface area (Å²) in [5.41, 5.74) is 14.8. The van der Waals surface area contributed by atoms with Gasteiger partial charge >= 0.3 is 0 Å². The molecule has 0 aliphatic rings. The first-order valence-electron chi connectivity index (χ1n) is 10.1. The molecule has 2 aromatic carbocycles. The largest absolute Gasteiger partial charge is 0.393 e. The number of pyridine rings is 1. The summed E-state index contributed by atoms with van der Waals surface area (Å²) in [5, 5.41) is 3.16. The number of aromatic nitrogens is 3. The van der Waals surface area contributed by atoms with E-state index in [1.807, 2.05) is 72.8 Å². The third kappa shape index (κ3) is 4.99. The molecule has 5 N–H and O–H groups in total. The molecule has 0 saturated carbocycles. The van der Waals surface area contributed by atoms with Gasteiger partial charge in [0.25, 0.3) is 0 Å². The summed E-state index contributed by atoms with van der Waals surface area (Å²) < 4.78 is 0. The van der Waals surface area contributed by atoms with Gasteiger partial charge in [-0.15, -0.1) is 0 Å². The number of amides is 1. The maximum atomic E-state index is 13.1. The van der Waals surface area contributed by atoms with Crippen molar-refractivity contribution in [2.75, 3.05) is 16.5 Å². The van der Waals surface area contributed by atoms with E-state index in [9.17, 15) is 4.79 Å². The number of anilines is 3. The molecule has 2 heterocycles. The molecule has 4 rings (SSSR count). The Morgan fingerprint density at radius 3 is 2.16 bits per heavy atom. The van der Waals surface area contributed by atoms with Crippen LogP contribution in [-0.2, 0) is 11.3 Å². The van der Waals surface area contributed by atoms with Gasteiger partial charge in [0, 0.05) is 18.9 Å². The van der Waals surface area contributed by atoms with E-state index in [2.05, 4.69) is 31.1 Å². The molecule has 0 saturated heterocycles. The van der Waals surface area contributed by atoms with E-state index in [-0.39, 0.29) is 5.91 Å². The average molecular weight is 425 g/mol. The molecule has 0 aliphatic carbocycles. The lowest BCUT2D eigenvalue weighted by Crippen LogP contribution is -2.35. The SMILES string of the molecule is Nc1c(NCc2cccnc2)ncnc1NNC(=O)C(c1ccccc1)c1ccccc1. The topological polar surface area (TPSA) is 118 Å². The number of carbonyl (C=O) groups is 1. The molecule has 0 fully saturated rings. The van der Waals surface area contributed by atoms with E-state index in [4.69, 9.17) is 5.73 Å². The molecule has 0 spiro atoms. The summed E-state index contributed by atoms with van der Waals surface area (Å²) in [5.74, 6) is 0.0478. The van der Waals surface area contributed by atoms with Gasteiger partial charge in [0.15, 0.2) is 11.6 Å². The minimum atomic E-state index is -0.490. The second kappa shape index (κ2) is 10.0. The monoisotopic (exact) mass is 425 g/mol. The first-order valence-corrected chi connectivity index (χ1v) is 10.1. The van der Waals surface area contributed by atoms with Gasteiger partial charge in [-0.1, -0.05) is 66.7 Å². The van der Waals surface area contributed by atoms with Gasteiger partial charge in [0.2, 0.25) is 5.91 Å². The smallest absolute Gasteiger partial charge is 0.250 e. The van der Waals surface area contributed by atoms with Crippen LogP contribution in [0.1, 0.15) is 22.6 Å². The average Bonchev–Trinajstić information content (AvgIpc) is 2.85. The number of nitrogens with one attached hydrogen (secondary N) is 3. The normalized spacial score (nSPS) is 10.5. The summed E-state index contributed by atoms with van der Waals surface area (Å²) in [4.78, 5) is 25.6. The van der Waals surface area contributed by atoms with Gasteiger partial charge in [-0.25, -0.2) is 9.97 Å². The number of carbonyl (C=O) groups excluding carboxylic acids is 1. The quantitative estimate of drug-likeness (QED) is 0.320. The number of nitrogen functional groups attached to an aromatic ring is 1. The molecule has 1 amide bonds. The Hall–Kier alpha value is -4.46. The van der Waals surface area contributed by atoms with Crippen molar-refractivity contribution >= 4 is 23.2 Å². The minimum Gasteiger partial charge on any atom is -0.393 e. The number of hydrogen-bond acceptors (Lipinski definition) is 7. The lowest BCUT2D eigenvalue weighted by molar-refractivity contribution is -0.121. The highest BCUT2D eigenvalue weighted by molar-refractivity contribution is 5.88. The standard InChI is InChI=1S/C24H23N7O/c25-21-22(27-15-17-8-7-13-26-14-17)28-16-29-23(21)30-31-24(32)20(18-9-3-1-4-10-18)19-11-5-2-6-12-19/h1-14,16,20H,15,25H2,(H,31,32)(H2,27,28,29,30). The van der Waals surface area contributed by atoms with Crippen molar-refractivity contribution in [2.45, 2.75) is 12.5 Å². The highest BCUT2D eigenvalue weighted by Crippen LogP contribution is 2.26. The third-order valence-electron chi connectivity index (χ3n) is 4.90. The van der Waals surface area contributed by atoms with Crippen molar-refractivity contribution < 1.29 is 4.79 Å². The maximum Gasteiger partial charge on any atom is 0.250 e. The van der Waals surface area contributed by atoms with Crippen LogP contribution in [0.5, 0.6) is 0 Å².